The Balaban J connectivity index is 0.000000701. The summed E-state index contributed by atoms with van der Waals surface area (Å²) in [6.07, 6.45) is 5.82. The average Bonchev–Trinajstić information content (AvgIpc) is 3.10. The van der Waals surface area contributed by atoms with E-state index >= 15 is 0 Å². The van der Waals surface area contributed by atoms with Crippen molar-refractivity contribution in [2.24, 2.45) is 5.92 Å². The van der Waals surface area contributed by atoms with Crippen LogP contribution in [0.4, 0.5) is 5.82 Å². The van der Waals surface area contributed by atoms with E-state index in [1.54, 1.807) is 12.5 Å². The van der Waals surface area contributed by atoms with E-state index < -0.39 is 0 Å². The first-order valence-electron chi connectivity index (χ1n) is 8.18. The lowest BCUT2D eigenvalue weighted by atomic mass is 9.98. The Labute approximate surface area is 152 Å². The van der Waals surface area contributed by atoms with Gasteiger partial charge in [-0.1, -0.05) is 11.6 Å². The second-order valence-electron chi connectivity index (χ2n) is 5.92. The highest BCUT2D eigenvalue weighted by molar-refractivity contribution is 6.32. The quantitative estimate of drug-likeness (QED) is 0.785. The number of furan rings is 1. The van der Waals surface area contributed by atoms with Crippen molar-refractivity contribution >= 4 is 23.9 Å². The van der Waals surface area contributed by atoms with Crippen LogP contribution in [-0.4, -0.2) is 46.1 Å². The van der Waals surface area contributed by atoms with E-state index in [4.69, 9.17) is 25.9 Å². The summed E-state index contributed by atoms with van der Waals surface area (Å²) in [5.41, 5.74) is 0. The summed E-state index contributed by atoms with van der Waals surface area (Å²) in [6, 6.07) is 3.98. The number of rotatable bonds is 5. The first-order valence-corrected chi connectivity index (χ1v) is 8.55. The molecule has 1 aliphatic rings. The molecule has 136 valence electrons. The van der Waals surface area contributed by atoms with Gasteiger partial charge >= 0.3 is 0 Å². The third kappa shape index (κ3) is 6.36. The largest absolute Gasteiger partial charge is 0.483 e. The summed E-state index contributed by atoms with van der Waals surface area (Å²) >= 11 is 6.13. The van der Waals surface area contributed by atoms with Gasteiger partial charge in [0.2, 0.25) is 0 Å². The molecule has 1 unspecified atom stereocenters. The lowest BCUT2D eigenvalue weighted by Crippen LogP contribution is -2.37. The minimum Gasteiger partial charge on any atom is -0.483 e. The second-order valence-corrected chi connectivity index (χ2v) is 6.33. The van der Waals surface area contributed by atoms with E-state index in [0.29, 0.717) is 10.9 Å². The van der Waals surface area contributed by atoms with Crippen molar-refractivity contribution in [3.8, 4) is 0 Å². The zero-order chi connectivity index (χ0) is 18.1. The van der Waals surface area contributed by atoms with E-state index in [2.05, 4.69) is 20.2 Å². The highest BCUT2D eigenvalue weighted by Crippen LogP contribution is 2.22. The summed E-state index contributed by atoms with van der Waals surface area (Å²) in [4.78, 5) is 19.2. The summed E-state index contributed by atoms with van der Waals surface area (Å²) in [7, 11) is 0. The maximum atomic E-state index is 8.36. The molecule has 1 saturated heterocycles. The Hall–Kier alpha value is -2.12. The van der Waals surface area contributed by atoms with Crippen molar-refractivity contribution in [3.05, 3.63) is 41.2 Å². The number of halogens is 1. The van der Waals surface area contributed by atoms with Crippen LogP contribution in [0.3, 0.4) is 0 Å². The monoisotopic (exact) mass is 366 g/mol. The molecule has 2 N–H and O–H groups in total. The molecule has 25 heavy (non-hydrogen) atoms. The van der Waals surface area contributed by atoms with Crippen molar-refractivity contribution in [1.82, 2.24) is 14.9 Å². The fourth-order valence-electron chi connectivity index (χ4n) is 2.90. The summed E-state index contributed by atoms with van der Waals surface area (Å²) in [5, 5.41) is 10.8. The molecule has 1 fully saturated rings. The molecule has 3 rings (SSSR count). The van der Waals surface area contributed by atoms with Crippen LogP contribution in [0.5, 0.6) is 0 Å². The predicted molar refractivity (Wildman–Crippen MR) is 95.7 cm³/mol. The third-order valence-electron chi connectivity index (χ3n) is 3.99. The first kappa shape index (κ1) is 19.2. The van der Waals surface area contributed by atoms with Gasteiger partial charge in [0.05, 0.1) is 19.0 Å². The number of hydrogen-bond acceptors (Lipinski definition) is 6. The number of piperidine rings is 1. The molecule has 0 spiro atoms. The van der Waals surface area contributed by atoms with Crippen LogP contribution in [-0.2, 0) is 11.3 Å². The third-order valence-corrected chi connectivity index (χ3v) is 4.26. The fourth-order valence-corrected chi connectivity index (χ4v) is 3.06. The molecule has 7 nitrogen and oxygen atoms in total. The SMILES string of the molecule is Cc1ncc(Cl)c(NCC2CCCN(Cc3ccco3)C2)n1.O=CO. The maximum absolute atomic E-state index is 8.36. The van der Waals surface area contributed by atoms with Crippen LogP contribution >= 0.6 is 11.6 Å². The second kappa shape index (κ2) is 10.0. The molecule has 1 atom stereocenters. The minimum absolute atomic E-state index is 0.250. The molecule has 2 aromatic rings. The topological polar surface area (TPSA) is 91.5 Å². The fraction of sp³-hybridized carbons (Fsp3) is 0.471. The molecule has 0 aromatic carbocycles. The number of hydrogen-bond donors (Lipinski definition) is 2. The number of carbonyl (C=O) groups is 1. The van der Waals surface area contributed by atoms with E-state index in [-0.39, 0.29) is 6.47 Å². The Morgan fingerprint density at radius 2 is 2.36 bits per heavy atom. The van der Waals surface area contributed by atoms with Crippen LogP contribution < -0.4 is 5.32 Å². The molecule has 0 amide bonds. The van der Waals surface area contributed by atoms with Gasteiger partial charge in [0.25, 0.3) is 6.47 Å². The number of aromatic nitrogens is 2. The van der Waals surface area contributed by atoms with Crippen LogP contribution in [0.15, 0.2) is 29.0 Å². The number of nitrogens with one attached hydrogen (secondary N) is 1. The van der Waals surface area contributed by atoms with Crippen molar-refractivity contribution in [3.63, 3.8) is 0 Å². The van der Waals surface area contributed by atoms with Gasteiger partial charge in [0.15, 0.2) is 0 Å². The van der Waals surface area contributed by atoms with Gasteiger partial charge in [0, 0.05) is 13.1 Å². The van der Waals surface area contributed by atoms with Gasteiger partial charge in [-0.25, -0.2) is 9.97 Å². The van der Waals surface area contributed by atoms with E-state index in [1.165, 1.54) is 12.8 Å². The van der Waals surface area contributed by atoms with Gasteiger partial charge in [-0.3, -0.25) is 9.69 Å². The van der Waals surface area contributed by atoms with Gasteiger partial charge in [0.1, 0.15) is 22.4 Å². The van der Waals surface area contributed by atoms with Crippen molar-refractivity contribution in [1.29, 1.82) is 0 Å². The number of aryl methyl sites for hydroxylation is 1. The van der Waals surface area contributed by atoms with Crippen LogP contribution in [0.25, 0.3) is 0 Å². The molecule has 0 saturated carbocycles. The first-order chi connectivity index (χ1) is 12.1. The number of nitrogens with zero attached hydrogens (tertiary/aromatic N) is 3. The zero-order valence-electron chi connectivity index (χ0n) is 14.2. The van der Waals surface area contributed by atoms with Crippen LogP contribution in [0.2, 0.25) is 5.02 Å². The molecule has 3 heterocycles. The Morgan fingerprint density at radius 1 is 1.56 bits per heavy atom. The maximum Gasteiger partial charge on any atom is 0.290 e. The molecule has 2 aromatic heterocycles. The minimum atomic E-state index is -0.250. The Bertz CT molecular complexity index is 651. The standard InChI is InChI=1S/C16H21ClN4O.CH2O2/c1-12-18-9-15(17)16(20-12)19-8-13-4-2-6-21(10-13)11-14-5-3-7-22-14;2-1-3/h3,5,7,9,13H,2,4,6,8,10-11H2,1H3,(H,18,19,20);1H,(H,2,3). The molecule has 0 aliphatic carbocycles. The van der Waals surface area contributed by atoms with Crippen molar-refractivity contribution < 1.29 is 14.3 Å². The van der Waals surface area contributed by atoms with Gasteiger partial charge in [-0.05, 0) is 44.4 Å². The number of likely N-dealkylation sites (tertiary alicyclic amines) is 1. The summed E-state index contributed by atoms with van der Waals surface area (Å²) < 4.78 is 5.44. The lowest BCUT2D eigenvalue weighted by Gasteiger charge is -2.32. The Kier molecular flexibility index (Phi) is 7.69. The van der Waals surface area contributed by atoms with Crippen molar-refractivity contribution in [2.75, 3.05) is 25.0 Å². The number of carboxylic acid groups (broad SMARTS) is 1. The van der Waals surface area contributed by atoms with Gasteiger partial charge in [-0.2, -0.15) is 0 Å². The molecule has 0 bridgehead atoms. The molecule has 1 aliphatic heterocycles. The average molecular weight is 367 g/mol. The smallest absolute Gasteiger partial charge is 0.290 e. The van der Waals surface area contributed by atoms with Gasteiger partial charge < -0.3 is 14.8 Å². The molecule has 8 heteroatoms. The summed E-state index contributed by atoms with van der Waals surface area (Å²) in [5.74, 6) is 3.09. The highest BCUT2D eigenvalue weighted by atomic mass is 35.5. The van der Waals surface area contributed by atoms with E-state index in [9.17, 15) is 0 Å². The predicted octanol–water partition coefficient (Wildman–Crippen LogP) is 3.06. The lowest BCUT2D eigenvalue weighted by molar-refractivity contribution is -0.122. The Morgan fingerprint density at radius 3 is 3.08 bits per heavy atom. The van der Waals surface area contributed by atoms with Crippen LogP contribution in [0, 0.1) is 12.8 Å². The highest BCUT2D eigenvalue weighted by Gasteiger charge is 2.20. The molecular weight excluding hydrogens is 344 g/mol. The van der Waals surface area contributed by atoms with E-state index in [1.807, 2.05) is 19.1 Å². The normalized spacial score (nSPS) is 17.4. The molecular formula is C17H23ClN4O3. The molecule has 0 radical (unpaired) electrons. The van der Waals surface area contributed by atoms with Gasteiger partial charge in [-0.15, -0.1) is 0 Å². The van der Waals surface area contributed by atoms with Crippen LogP contribution in [0.1, 0.15) is 24.4 Å². The zero-order valence-corrected chi connectivity index (χ0v) is 14.9. The summed E-state index contributed by atoms with van der Waals surface area (Å²) in [6.45, 7) is 5.58. The number of anilines is 1. The van der Waals surface area contributed by atoms with E-state index in [0.717, 1.165) is 43.6 Å². The van der Waals surface area contributed by atoms with Crippen molar-refractivity contribution in [2.45, 2.75) is 26.3 Å².